The lowest BCUT2D eigenvalue weighted by Crippen LogP contribution is -2.35. The molecule has 0 unspecified atom stereocenters. The first-order valence-corrected chi connectivity index (χ1v) is 9.79. The smallest absolute Gasteiger partial charge is 0.354 e. The number of aryl methyl sites for hydroxylation is 1. The lowest BCUT2D eigenvalue weighted by atomic mass is 10.1. The van der Waals surface area contributed by atoms with E-state index in [-0.39, 0.29) is 42.4 Å². The normalized spacial score (nSPS) is 13.9. The van der Waals surface area contributed by atoms with E-state index < -0.39 is 11.6 Å². The number of ether oxygens (including phenoxy) is 1. The van der Waals surface area contributed by atoms with E-state index in [4.69, 9.17) is 20.8 Å². The molecule has 0 radical (unpaired) electrons. The fraction of sp³-hybridized carbons (Fsp3) is 0.182. The quantitative estimate of drug-likeness (QED) is 0.489. The van der Waals surface area contributed by atoms with E-state index >= 15 is 0 Å². The minimum atomic E-state index is -0.698. The van der Waals surface area contributed by atoms with Gasteiger partial charge in [-0.15, -0.1) is 0 Å². The summed E-state index contributed by atoms with van der Waals surface area (Å²) >= 11 is 6.14. The number of carbonyl (C=O) groups is 2. The SMILES string of the molecule is Cc1ccc(N2N=C(C(=O)OCc3cc(=O)oc4cc(O)ccc34)CCC2=O)cc1Cl. The van der Waals surface area contributed by atoms with Gasteiger partial charge < -0.3 is 14.3 Å². The van der Waals surface area contributed by atoms with Crippen molar-refractivity contribution in [1.29, 1.82) is 0 Å². The summed E-state index contributed by atoms with van der Waals surface area (Å²) in [5.41, 5.74) is 1.37. The molecule has 0 aliphatic carbocycles. The Bertz CT molecular complexity index is 1300. The standard InChI is InChI=1S/C22H17ClN2O6/c1-12-2-3-14(9-17(12)23)25-20(27)7-6-18(24-25)22(29)30-11-13-8-21(28)31-19-10-15(26)4-5-16(13)19/h2-5,8-10,26H,6-7,11H2,1H3. The fourth-order valence-corrected chi connectivity index (χ4v) is 3.36. The highest BCUT2D eigenvalue weighted by Crippen LogP contribution is 2.26. The van der Waals surface area contributed by atoms with Crippen LogP contribution in [0, 0.1) is 6.92 Å². The Kier molecular flexibility index (Phi) is 5.48. The molecule has 9 heteroatoms. The van der Waals surface area contributed by atoms with Crippen molar-refractivity contribution in [2.24, 2.45) is 5.10 Å². The van der Waals surface area contributed by atoms with Gasteiger partial charge in [0.25, 0.3) is 0 Å². The Labute approximate surface area is 181 Å². The maximum absolute atomic E-state index is 12.6. The molecule has 0 fully saturated rings. The highest BCUT2D eigenvalue weighted by Gasteiger charge is 2.27. The van der Waals surface area contributed by atoms with Crippen LogP contribution in [0.5, 0.6) is 5.75 Å². The predicted molar refractivity (Wildman–Crippen MR) is 114 cm³/mol. The predicted octanol–water partition coefficient (Wildman–Crippen LogP) is 3.69. The van der Waals surface area contributed by atoms with Crippen molar-refractivity contribution in [2.75, 3.05) is 5.01 Å². The van der Waals surface area contributed by atoms with Crippen molar-refractivity contribution in [2.45, 2.75) is 26.4 Å². The Morgan fingerprint density at radius 3 is 2.77 bits per heavy atom. The Balaban J connectivity index is 1.56. The summed E-state index contributed by atoms with van der Waals surface area (Å²) in [6.07, 6.45) is 0.232. The molecule has 0 bridgehead atoms. The molecule has 0 atom stereocenters. The van der Waals surface area contributed by atoms with Gasteiger partial charge in [-0.25, -0.2) is 14.6 Å². The van der Waals surface area contributed by atoms with Gasteiger partial charge in [-0.05, 0) is 36.8 Å². The van der Waals surface area contributed by atoms with E-state index in [0.717, 1.165) is 10.6 Å². The third kappa shape index (κ3) is 4.29. The van der Waals surface area contributed by atoms with Gasteiger partial charge in [0.2, 0.25) is 5.91 Å². The van der Waals surface area contributed by atoms with Crippen LogP contribution in [0.4, 0.5) is 5.69 Å². The van der Waals surface area contributed by atoms with Crippen molar-refractivity contribution in [3.8, 4) is 5.75 Å². The van der Waals surface area contributed by atoms with Gasteiger partial charge in [0.1, 0.15) is 23.7 Å². The number of nitrogens with zero attached hydrogens (tertiary/aromatic N) is 2. The number of anilines is 1. The third-order valence-corrected chi connectivity index (χ3v) is 5.25. The van der Waals surface area contributed by atoms with Crippen LogP contribution in [0.1, 0.15) is 24.0 Å². The molecule has 1 amide bonds. The molecule has 0 saturated heterocycles. The van der Waals surface area contributed by atoms with Crippen molar-refractivity contribution < 1.29 is 23.8 Å². The average molecular weight is 441 g/mol. The molecule has 3 aromatic rings. The van der Waals surface area contributed by atoms with Crippen molar-refractivity contribution in [3.05, 3.63) is 69.0 Å². The zero-order valence-electron chi connectivity index (χ0n) is 16.4. The first-order chi connectivity index (χ1) is 14.8. The number of carbonyl (C=O) groups excluding carboxylic acids is 2. The molecule has 1 aromatic heterocycles. The summed E-state index contributed by atoms with van der Waals surface area (Å²) in [6, 6.07) is 10.6. The monoisotopic (exact) mass is 440 g/mol. The molecule has 31 heavy (non-hydrogen) atoms. The maximum Gasteiger partial charge on any atom is 0.354 e. The summed E-state index contributed by atoms with van der Waals surface area (Å²) in [5.74, 6) is -1.01. The molecule has 158 valence electrons. The number of esters is 1. The number of hydrazone groups is 1. The number of hydrogen-bond donors (Lipinski definition) is 1. The van der Waals surface area contributed by atoms with E-state index in [1.54, 1.807) is 24.3 Å². The van der Waals surface area contributed by atoms with Gasteiger partial charge in [-0.3, -0.25) is 4.79 Å². The average Bonchev–Trinajstić information content (AvgIpc) is 2.73. The third-order valence-electron chi connectivity index (χ3n) is 4.84. The van der Waals surface area contributed by atoms with Crippen LogP contribution in [-0.2, 0) is 20.9 Å². The lowest BCUT2D eigenvalue weighted by Gasteiger charge is -2.23. The first-order valence-electron chi connectivity index (χ1n) is 9.41. The minimum Gasteiger partial charge on any atom is -0.508 e. The van der Waals surface area contributed by atoms with Crippen LogP contribution in [0.2, 0.25) is 5.02 Å². The van der Waals surface area contributed by atoms with Crippen LogP contribution in [0.3, 0.4) is 0 Å². The number of rotatable bonds is 4. The first kappa shape index (κ1) is 20.6. The fourth-order valence-electron chi connectivity index (χ4n) is 3.18. The number of phenols is 1. The highest BCUT2D eigenvalue weighted by molar-refractivity contribution is 6.38. The zero-order chi connectivity index (χ0) is 22.1. The molecule has 2 aromatic carbocycles. The summed E-state index contributed by atoms with van der Waals surface area (Å²) < 4.78 is 10.4. The maximum atomic E-state index is 12.6. The van der Waals surface area contributed by atoms with Crippen molar-refractivity contribution >= 4 is 45.8 Å². The Hall–Kier alpha value is -3.65. The lowest BCUT2D eigenvalue weighted by molar-refractivity contribution is -0.137. The molecule has 0 saturated carbocycles. The summed E-state index contributed by atoms with van der Waals surface area (Å²) in [5, 5.41) is 15.9. The van der Waals surface area contributed by atoms with E-state index in [2.05, 4.69) is 5.10 Å². The number of hydrogen-bond acceptors (Lipinski definition) is 7. The second kappa shape index (κ2) is 8.23. The van der Waals surface area contributed by atoms with Gasteiger partial charge in [0.05, 0.1) is 5.69 Å². The molecular weight excluding hydrogens is 424 g/mol. The van der Waals surface area contributed by atoms with Gasteiger partial charge in [0, 0.05) is 40.9 Å². The van der Waals surface area contributed by atoms with Crippen LogP contribution >= 0.6 is 11.6 Å². The second-order valence-electron chi connectivity index (χ2n) is 7.03. The molecule has 8 nitrogen and oxygen atoms in total. The molecular formula is C22H17ClN2O6. The van der Waals surface area contributed by atoms with Crippen LogP contribution in [-0.4, -0.2) is 22.7 Å². The molecule has 1 N–H and O–H groups in total. The second-order valence-corrected chi connectivity index (χ2v) is 7.44. The molecule has 1 aliphatic rings. The number of phenolic OH excluding ortho intramolecular Hbond substituents is 1. The van der Waals surface area contributed by atoms with E-state index in [9.17, 15) is 19.5 Å². The number of halogens is 1. The van der Waals surface area contributed by atoms with Crippen molar-refractivity contribution in [3.63, 3.8) is 0 Å². The molecule has 1 aliphatic heterocycles. The number of benzene rings is 2. The minimum absolute atomic E-state index is 0.0534. The van der Waals surface area contributed by atoms with Crippen molar-refractivity contribution in [1.82, 2.24) is 0 Å². The Morgan fingerprint density at radius 1 is 1.19 bits per heavy atom. The number of fused-ring (bicyclic) bond motifs is 1. The molecule has 4 rings (SSSR count). The van der Waals surface area contributed by atoms with Crippen LogP contribution in [0.25, 0.3) is 11.0 Å². The Morgan fingerprint density at radius 2 is 2.00 bits per heavy atom. The van der Waals surface area contributed by atoms with Gasteiger partial charge in [-0.2, -0.15) is 5.10 Å². The van der Waals surface area contributed by atoms with Crippen LogP contribution in [0.15, 0.2) is 56.8 Å². The van der Waals surface area contributed by atoms with Gasteiger partial charge in [0.15, 0.2) is 0 Å². The molecule has 0 spiro atoms. The van der Waals surface area contributed by atoms with Gasteiger partial charge in [-0.1, -0.05) is 17.7 Å². The number of aromatic hydroxyl groups is 1. The largest absolute Gasteiger partial charge is 0.508 e. The summed E-state index contributed by atoms with van der Waals surface area (Å²) in [4.78, 5) is 36.7. The van der Waals surface area contributed by atoms with Gasteiger partial charge >= 0.3 is 11.6 Å². The topological polar surface area (TPSA) is 109 Å². The zero-order valence-corrected chi connectivity index (χ0v) is 17.2. The summed E-state index contributed by atoms with van der Waals surface area (Å²) in [6.45, 7) is 1.64. The molecule has 2 heterocycles. The summed E-state index contributed by atoms with van der Waals surface area (Å²) in [7, 11) is 0. The van der Waals surface area contributed by atoms with E-state index in [1.165, 1.54) is 18.2 Å². The van der Waals surface area contributed by atoms with E-state index in [0.29, 0.717) is 21.7 Å². The van der Waals surface area contributed by atoms with E-state index in [1.807, 2.05) is 6.92 Å². The highest BCUT2D eigenvalue weighted by atomic mass is 35.5. The number of amides is 1. The van der Waals surface area contributed by atoms with Crippen LogP contribution < -0.4 is 10.6 Å².